The summed E-state index contributed by atoms with van der Waals surface area (Å²) in [6.45, 7) is 0.286. The van der Waals surface area contributed by atoms with Gasteiger partial charge in [-0.2, -0.15) is 0 Å². The standard InChI is InChI=1S/C19H26FN5O/c1-24(2)18(15-10-6-7-11-16(15)20)19(26)21-12-17-23-22-13-25(17)14-8-4-3-5-9-14/h6-7,10-11,13-14,18H,3-5,8-9,12H2,1-2H3,(H,21,26)/t18-/m1/s1. The number of nitrogens with zero attached hydrogens (tertiary/aromatic N) is 4. The van der Waals surface area contributed by atoms with Crippen LogP contribution in [0, 0.1) is 5.82 Å². The number of carbonyl (C=O) groups is 1. The Hall–Kier alpha value is -2.28. The number of aromatic nitrogens is 3. The van der Waals surface area contributed by atoms with Crippen molar-refractivity contribution >= 4 is 5.91 Å². The van der Waals surface area contributed by atoms with Crippen LogP contribution in [0.2, 0.25) is 0 Å². The number of amides is 1. The van der Waals surface area contributed by atoms with Crippen LogP contribution in [0.3, 0.4) is 0 Å². The molecule has 0 saturated heterocycles. The third kappa shape index (κ3) is 4.09. The topological polar surface area (TPSA) is 63.1 Å². The molecule has 2 aromatic rings. The zero-order valence-corrected chi connectivity index (χ0v) is 15.4. The monoisotopic (exact) mass is 359 g/mol. The van der Waals surface area contributed by atoms with Crippen LogP contribution in [0.4, 0.5) is 4.39 Å². The second-order valence-corrected chi connectivity index (χ2v) is 7.05. The highest BCUT2D eigenvalue weighted by molar-refractivity contribution is 5.83. The minimum atomic E-state index is -0.692. The molecule has 0 radical (unpaired) electrons. The first kappa shape index (κ1) is 18.5. The highest BCUT2D eigenvalue weighted by Gasteiger charge is 2.26. The van der Waals surface area contributed by atoms with Crippen molar-refractivity contribution in [2.75, 3.05) is 14.1 Å². The maximum Gasteiger partial charge on any atom is 0.242 e. The molecule has 1 heterocycles. The molecule has 1 amide bonds. The van der Waals surface area contributed by atoms with Gasteiger partial charge < -0.3 is 9.88 Å². The first-order chi connectivity index (χ1) is 12.6. The van der Waals surface area contributed by atoms with Crippen molar-refractivity contribution in [2.24, 2.45) is 0 Å². The van der Waals surface area contributed by atoms with E-state index in [4.69, 9.17) is 0 Å². The molecule has 0 aliphatic heterocycles. The zero-order valence-electron chi connectivity index (χ0n) is 15.4. The van der Waals surface area contributed by atoms with Crippen LogP contribution < -0.4 is 5.32 Å². The Morgan fingerprint density at radius 1 is 1.31 bits per heavy atom. The van der Waals surface area contributed by atoms with E-state index in [0.29, 0.717) is 11.6 Å². The normalized spacial score (nSPS) is 16.6. The Labute approximate surface area is 153 Å². The van der Waals surface area contributed by atoms with Gasteiger partial charge in [-0.15, -0.1) is 10.2 Å². The lowest BCUT2D eigenvalue weighted by atomic mass is 9.95. The SMILES string of the molecule is CN(C)[C@@H](C(=O)NCc1nncn1C1CCCCC1)c1ccccc1F. The predicted molar refractivity (Wildman–Crippen MR) is 96.8 cm³/mol. The largest absolute Gasteiger partial charge is 0.347 e. The summed E-state index contributed by atoms with van der Waals surface area (Å²) in [5.41, 5.74) is 0.365. The van der Waals surface area contributed by atoms with Gasteiger partial charge in [0.1, 0.15) is 18.2 Å². The fourth-order valence-electron chi connectivity index (χ4n) is 3.67. The molecule has 3 rings (SSSR count). The minimum absolute atomic E-state index is 0.252. The van der Waals surface area contributed by atoms with E-state index in [1.165, 1.54) is 25.3 Å². The molecule has 0 unspecified atom stereocenters. The molecule has 140 valence electrons. The molecule has 0 spiro atoms. The molecule has 1 fully saturated rings. The Morgan fingerprint density at radius 2 is 2.04 bits per heavy atom. The van der Waals surface area contributed by atoms with Gasteiger partial charge in [-0.25, -0.2) is 4.39 Å². The Morgan fingerprint density at radius 3 is 2.73 bits per heavy atom. The van der Waals surface area contributed by atoms with Crippen LogP contribution in [0.15, 0.2) is 30.6 Å². The van der Waals surface area contributed by atoms with Crippen molar-refractivity contribution in [1.29, 1.82) is 0 Å². The molecule has 26 heavy (non-hydrogen) atoms. The third-order valence-electron chi connectivity index (χ3n) is 5.00. The van der Waals surface area contributed by atoms with E-state index in [-0.39, 0.29) is 18.3 Å². The minimum Gasteiger partial charge on any atom is -0.347 e. The third-order valence-corrected chi connectivity index (χ3v) is 5.00. The summed E-state index contributed by atoms with van der Waals surface area (Å²) in [4.78, 5) is 14.5. The van der Waals surface area contributed by atoms with E-state index in [2.05, 4.69) is 20.1 Å². The highest BCUT2D eigenvalue weighted by atomic mass is 19.1. The number of hydrogen-bond acceptors (Lipinski definition) is 4. The van der Waals surface area contributed by atoms with Crippen molar-refractivity contribution in [2.45, 2.75) is 50.7 Å². The molecule has 6 nitrogen and oxygen atoms in total. The van der Waals surface area contributed by atoms with Crippen molar-refractivity contribution in [3.8, 4) is 0 Å². The molecule has 1 aromatic heterocycles. The fraction of sp³-hybridized carbons (Fsp3) is 0.526. The maximum absolute atomic E-state index is 14.1. The molecule has 1 aliphatic carbocycles. The maximum atomic E-state index is 14.1. The number of nitrogens with one attached hydrogen (secondary N) is 1. The van der Waals surface area contributed by atoms with Gasteiger partial charge >= 0.3 is 0 Å². The van der Waals surface area contributed by atoms with Crippen molar-refractivity contribution in [3.63, 3.8) is 0 Å². The fourth-order valence-corrected chi connectivity index (χ4v) is 3.67. The van der Waals surface area contributed by atoms with E-state index in [1.54, 1.807) is 43.5 Å². The van der Waals surface area contributed by atoms with E-state index in [9.17, 15) is 9.18 Å². The molecule has 1 saturated carbocycles. The van der Waals surface area contributed by atoms with E-state index in [1.807, 2.05) is 0 Å². The lowest BCUT2D eigenvalue weighted by Gasteiger charge is -2.25. The zero-order chi connectivity index (χ0) is 18.5. The lowest BCUT2D eigenvalue weighted by Crippen LogP contribution is -2.37. The number of carbonyl (C=O) groups excluding carboxylic acids is 1. The second kappa shape index (κ2) is 8.40. The molecular formula is C19H26FN5O. The molecular weight excluding hydrogens is 333 g/mol. The molecule has 1 atom stereocenters. The highest BCUT2D eigenvalue weighted by Crippen LogP contribution is 2.28. The summed E-state index contributed by atoms with van der Waals surface area (Å²) in [5, 5.41) is 11.1. The summed E-state index contributed by atoms with van der Waals surface area (Å²) in [5.74, 6) is 0.112. The van der Waals surface area contributed by atoms with Gasteiger partial charge in [0.25, 0.3) is 0 Å². The van der Waals surface area contributed by atoms with Gasteiger partial charge in [-0.05, 0) is 33.0 Å². The number of halogens is 1. The van der Waals surface area contributed by atoms with Gasteiger partial charge in [0.05, 0.1) is 6.54 Å². The molecule has 1 aromatic carbocycles. The van der Waals surface area contributed by atoms with Crippen molar-refractivity contribution in [3.05, 3.63) is 47.8 Å². The number of likely N-dealkylation sites (N-methyl/N-ethyl adjacent to an activating group) is 1. The molecule has 1 aliphatic rings. The summed E-state index contributed by atoms with van der Waals surface area (Å²) in [6, 6.07) is 6.09. The van der Waals surface area contributed by atoms with Crippen molar-refractivity contribution < 1.29 is 9.18 Å². The molecule has 0 bridgehead atoms. The van der Waals surface area contributed by atoms with Crippen LogP contribution in [-0.2, 0) is 11.3 Å². The summed E-state index contributed by atoms with van der Waals surface area (Å²) in [6.07, 6.45) is 7.69. The average molecular weight is 359 g/mol. The Kier molecular flexibility index (Phi) is 5.98. The van der Waals surface area contributed by atoms with Crippen LogP contribution >= 0.6 is 0 Å². The lowest BCUT2D eigenvalue weighted by molar-refractivity contribution is -0.126. The first-order valence-corrected chi connectivity index (χ1v) is 9.15. The van der Waals surface area contributed by atoms with Gasteiger partial charge in [-0.1, -0.05) is 37.5 Å². The number of hydrogen-bond donors (Lipinski definition) is 1. The van der Waals surface area contributed by atoms with Crippen LogP contribution in [0.5, 0.6) is 0 Å². The summed E-state index contributed by atoms with van der Waals surface area (Å²) in [7, 11) is 3.53. The van der Waals surface area contributed by atoms with Crippen LogP contribution in [0.25, 0.3) is 0 Å². The van der Waals surface area contributed by atoms with Gasteiger partial charge in [-0.3, -0.25) is 9.69 Å². The smallest absolute Gasteiger partial charge is 0.242 e. The van der Waals surface area contributed by atoms with E-state index >= 15 is 0 Å². The molecule has 7 heteroatoms. The molecule has 1 N–H and O–H groups in total. The van der Waals surface area contributed by atoms with Crippen LogP contribution in [-0.4, -0.2) is 39.7 Å². The summed E-state index contributed by atoms with van der Waals surface area (Å²) >= 11 is 0. The van der Waals surface area contributed by atoms with Gasteiger partial charge in [0.2, 0.25) is 5.91 Å². The average Bonchev–Trinajstić information content (AvgIpc) is 3.11. The first-order valence-electron chi connectivity index (χ1n) is 9.15. The number of rotatable bonds is 6. The quantitative estimate of drug-likeness (QED) is 0.861. The van der Waals surface area contributed by atoms with E-state index < -0.39 is 6.04 Å². The van der Waals surface area contributed by atoms with Gasteiger partial charge in [0.15, 0.2) is 5.82 Å². The summed E-state index contributed by atoms with van der Waals surface area (Å²) < 4.78 is 16.2. The van der Waals surface area contributed by atoms with E-state index in [0.717, 1.165) is 18.7 Å². The Bertz CT molecular complexity index is 739. The second-order valence-electron chi connectivity index (χ2n) is 7.05. The van der Waals surface area contributed by atoms with Crippen molar-refractivity contribution in [1.82, 2.24) is 25.0 Å². The Balaban J connectivity index is 1.70. The predicted octanol–water partition coefficient (Wildman–Crippen LogP) is 2.84. The van der Waals surface area contributed by atoms with Crippen LogP contribution in [0.1, 0.15) is 55.6 Å². The van der Waals surface area contributed by atoms with Gasteiger partial charge in [0, 0.05) is 11.6 Å². The number of benzene rings is 1.